The second-order valence-corrected chi connectivity index (χ2v) is 7.27. The number of piperazine rings is 1. The Hall–Kier alpha value is -0.340. The predicted molar refractivity (Wildman–Crippen MR) is 124 cm³/mol. The van der Waals surface area contributed by atoms with Crippen molar-refractivity contribution in [1.82, 2.24) is 20.4 Å². The van der Waals surface area contributed by atoms with Gasteiger partial charge in [-0.2, -0.15) is 0 Å². The number of unbranched alkanes of at least 4 members (excludes halogenated alkanes) is 1. The van der Waals surface area contributed by atoms with E-state index >= 15 is 0 Å². The molecule has 0 aromatic rings. The van der Waals surface area contributed by atoms with Gasteiger partial charge < -0.3 is 20.4 Å². The monoisotopic (exact) mass is 477 g/mol. The SMILES string of the molecule is CCN1CCN(CCCCNC(=NC)NCCC2=CCCCC2)CC1.I. The minimum absolute atomic E-state index is 0. The highest BCUT2D eigenvalue weighted by Gasteiger charge is 2.14. The van der Waals surface area contributed by atoms with Crippen molar-refractivity contribution in [3.8, 4) is 0 Å². The number of rotatable bonds is 9. The molecule has 0 unspecified atom stereocenters. The fraction of sp³-hybridized carbons (Fsp3) is 0.850. The van der Waals surface area contributed by atoms with E-state index in [2.05, 4.69) is 38.4 Å². The first-order valence-corrected chi connectivity index (χ1v) is 10.4. The Kier molecular flexibility index (Phi) is 13.4. The fourth-order valence-corrected chi connectivity index (χ4v) is 3.69. The summed E-state index contributed by atoms with van der Waals surface area (Å²) in [5.41, 5.74) is 1.62. The van der Waals surface area contributed by atoms with Crippen LogP contribution in [0.1, 0.15) is 51.9 Å². The predicted octanol–water partition coefficient (Wildman–Crippen LogP) is 3.08. The Morgan fingerprint density at radius 1 is 1.04 bits per heavy atom. The maximum Gasteiger partial charge on any atom is 0.190 e. The summed E-state index contributed by atoms with van der Waals surface area (Å²) in [4.78, 5) is 9.48. The molecule has 0 aromatic carbocycles. The maximum atomic E-state index is 4.33. The van der Waals surface area contributed by atoms with Crippen molar-refractivity contribution in [2.24, 2.45) is 4.99 Å². The van der Waals surface area contributed by atoms with Crippen molar-refractivity contribution in [2.45, 2.75) is 51.9 Å². The van der Waals surface area contributed by atoms with Gasteiger partial charge in [0.05, 0.1) is 0 Å². The van der Waals surface area contributed by atoms with E-state index in [0.717, 1.165) is 25.5 Å². The summed E-state index contributed by atoms with van der Waals surface area (Å²) in [5.74, 6) is 0.952. The van der Waals surface area contributed by atoms with Gasteiger partial charge in [-0.1, -0.05) is 18.6 Å². The molecule has 0 aromatic heterocycles. The minimum Gasteiger partial charge on any atom is -0.356 e. The zero-order chi connectivity index (χ0) is 17.7. The first-order chi connectivity index (χ1) is 12.3. The highest BCUT2D eigenvalue weighted by molar-refractivity contribution is 14.0. The van der Waals surface area contributed by atoms with E-state index in [4.69, 9.17) is 0 Å². The Balaban J connectivity index is 0.00000338. The van der Waals surface area contributed by atoms with E-state index in [1.54, 1.807) is 5.57 Å². The van der Waals surface area contributed by atoms with Gasteiger partial charge in [0.25, 0.3) is 0 Å². The summed E-state index contributed by atoms with van der Waals surface area (Å²) in [6, 6.07) is 0. The van der Waals surface area contributed by atoms with Crippen LogP contribution in [0.2, 0.25) is 0 Å². The largest absolute Gasteiger partial charge is 0.356 e. The summed E-state index contributed by atoms with van der Waals surface area (Å²) in [5, 5.41) is 6.90. The third-order valence-corrected chi connectivity index (χ3v) is 5.45. The van der Waals surface area contributed by atoms with Crippen molar-refractivity contribution in [1.29, 1.82) is 0 Å². The van der Waals surface area contributed by atoms with Gasteiger partial charge in [0, 0.05) is 46.3 Å². The Labute approximate surface area is 178 Å². The van der Waals surface area contributed by atoms with E-state index < -0.39 is 0 Å². The van der Waals surface area contributed by atoms with E-state index in [-0.39, 0.29) is 24.0 Å². The molecule has 0 spiro atoms. The summed E-state index contributed by atoms with van der Waals surface area (Å²) in [7, 11) is 1.86. The molecule has 152 valence electrons. The Morgan fingerprint density at radius 3 is 2.42 bits per heavy atom. The van der Waals surface area contributed by atoms with Crippen molar-refractivity contribution >= 4 is 29.9 Å². The number of halogens is 1. The molecule has 1 aliphatic heterocycles. The first-order valence-electron chi connectivity index (χ1n) is 10.4. The van der Waals surface area contributed by atoms with Crippen LogP contribution >= 0.6 is 24.0 Å². The third-order valence-electron chi connectivity index (χ3n) is 5.45. The quantitative estimate of drug-likeness (QED) is 0.176. The van der Waals surface area contributed by atoms with Crippen molar-refractivity contribution < 1.29 is 0 Å². The van der Waals surface area contributed by atoms with Gasteiger partial charge in [0.2, 0.25) is 0 Å². The average Bonchev–Trinajstić information content (AvgIpc) is 2.67. The van der Waals surface area contributed by atoms with Crippen molar-refractivity contribution in [3.05, 3.63) is 11.6 Å². The van der Waals surface area contributed by atoms with Crippen molar-refractivity contribution in [2.75, 3.05) is 59.4 Å². The summed E-state index contributed by atoms with van der Waals surface area (Å²) < 4.78 is 0. The highest BCUT2D eigenvalue weighted by atomic mass is 127. The summed E-state index contributed by atoms with van der Waals surface area (Å²) in [6.45, 7) is 11.6. The van der Waals surface area contributed by atoms with Crippen LogP contribution in [-0.2, 0) is 0 Å². The van der Waals surface area contributed by atoms with Gasteiger partial charge >= 0.3 is 0 Å². The molecule has 1 saturated heterocycles. The molecule has 5 nitrogen and oxygen atoms in total. The highest BCUT2D eigenvalue weighted by Crippen LogP contribution is 2.19. The molecule has 2 aliphatic rings. The van der Waals surface area contributed by atoms with E-state index in [9.17, 15) is 0 Å². The van der Waals surface area contributed by atoms with Crippen LogP contribution < -0.4 is 10.6 Å². The molecule has 0 bridgehead atoms. The fourth-order valence-electron chi connectivity index (χ4n) is 3.69. The first kappa shape index (κ1) is 23.7. The number of hydrogen-bond donors (Lipinski definition) is 2. The zero-order valence-corrected chi connectivity index (χ0v) is 19.3. The lowest BCUT2D eigenvalue weighted by Crippen LogP contribution is -2.46. The second-order valence-electron chi connectivity index (χ2n) is 7.27. The van der Waals surface area contributed by atoms with Crippen LogP contribution in [-0.4, -0.2) is 75.2 Å². The average molecular weight is 477 g/mol. The van der Waals surface area contributed by atoms with E-state index in [0.29, 0.717) is 0 Å². The smallest absolute Gasteiger partial charge is 0.190 e. The van der Waals surface area contributed by atoms with E-state index in [1.165, 1.54) is 77.8 Å². The van der Waals surface area contributed by atoms with Gasteiger partial charge in [-0.05, 0) is 58.0 Å². The molecule has 0 atom stereocenters. The van der Waals surface area contributed by atoms with E-state index in [1.807, 2.05) is 7.05 Å². The van der Waals surface area contributed by atoms with Crippen LogP contribution in [0.15, 0.2) is 16.6 Å². The molecule has 0 saturated carbocycles. The number of nitrogens with one attached hydrogen (secondary N) is 2. The molecule has 2 rings (SSSR count). The lowest BCUT2D eigenvalue weighted by molar-refractivity contribution is 0.136. The third kappa shape index (κ3) is 9.55. The van der Waals surface area contributed by atoms with Crippen molar-refractivity contribution in [3.63, 3.8) is 0 Å². The molecule has 1 fully saturated rings. The molecule has 1 heterocycles. The van der Waals surface area contributed by atoms with Crippen LogP contribution in [0.3, 0.4) is 0 Å². The van der Waals surface area contributed by atoms with Gasteiger partial charge in [0.15, 0.2) is 5.96 Å². The second kappa shape index (κ2) is 14.7. The molecular weight excluding hydrogens is 437 g/mol. The molecule has 0 radical (unpaired) electrons. The molecule has 26 heavy (non-hydrogen) atoms. The molecule has 0 amide bonds. The van der Waals surface area contributed by atoms with Gasteiger partial charge in [-0.3, -0.25) is 4.99 Å². The number of hydrogen-bond acceptors (Lipinski definition) is 3. The number of guanidine groups is 1. The Morgan fingerprint density at radius 2 is 1.77 bits per heavy atom. The van der Waals surface area contributed by atoms with Crippen LogP contribution in [0.4, 0.5) is 0 Å². The lowest BCUT2D eigenvalue weighted by atomic mass is 9.97. The number of nitrogens with zero attached hydrogens (tertiary/aromatic N) is 3. The molecule has 2 N–H and O–H groups in total. The number of aliphatic imine (C=N–C) groups is 1. The molecular formula is C20H40IN5. The standard InChI is InChI=1S/C20H39N5.HI/c1-3-24-15-17-25(18-16-24)14-8-7-12-22-20(21-2)23-13-11-19-9-5-4-6-10-19;/h9H,3-8,10-18H2,1-2H3,(H2,21,22,23);1H. The Bertz CT molecular complexity index is 416. The topological polar surface area (TPSA) is 42.9 Å². The summed E-state index contributed by atoms with van der Waals surface area (Å²) in [6.07, 6.45) is 11.4. The summed E-state index contributed by atoms with van der Waals surface area (Å²) >= 11 is 0. The zero-order valence-electron chi connectivity index (χ0n) is 16.9. The molecule has 1 aliphatic carbocycles. The van der Waals surface area contributed by atoms with Gasteiger partial charge in [-0.15, -0.1) is 24.0 Å². The normalized spacial score (nSPS) is 19.6. The molecule has 6 heteroatoms. The van der Waals surface area contributed by atoms with Gasteiger partial charge in [-0.25, -0.2) is 0 Å². The number of allylic oxidation sites excluding steroid dienone is 1. The lowest BCUT2D eigenvalue weighted by Gasteiger charge is -2.34. The maximum absolute atomic E-state index is 4.33. The number of likely N-dealkylation sites (N-methyl/N-ethyl adjacent to an activating group) is 1. The van der Waals surface area contributed by atoms with Crippen LogP contribution in [0, 0.1) is 0 Å². The minimum atomic E-state index is 0. The van der Waals surface area contributed by atoms with Gasteiger partial charge in [0.1, 0.15) is 0 Å². The van der Waals surface area contributed by atoms with Crippen LogP contribution in [0.5, 0.6) is 0 Å². The van der Waals surface area contributed by atoms with Crippen LogP contribution in [0.25, 0.3) is 0 Å².